The number of aryl methyl sites for hydroxylation is 2. The molecule has 0 aliphatic heterocycles. The number of hydrogen-bond acceptors (Lipinski definition) is 5. The fourth-order valence-corrected chi connectivity index (χ4v) is 3.97. The molecular weight excluding hydrogens is 404 g/mol. The molecule has 0 aromatic heterocycles. The smallest absolute Gasteiger partial charge is 0.338 e. The second-order valence-corrected chi connectivity index (χ2v) is 8.98. The van der Waals surface area contributed by atoms with E-state index in [9.17, 15) is 18.0 Å². The molecule has 7 nitrogen and oxygen atoms in total. The molecule has 162 valence electrons. The molecule has 0 heterocycles. The fraction of sp³-hybridized carbons (Fsp3) is 0.364. The van der Waals surface area contributed by atoms with Crippen LogP contribution in [0.4, 0.5) is 11.4 Å². The maximum Gasteiger partial charge on any atom is 0.338 e. The van der Waals surface area contributed by atoms with Crippen LogP contribution in [0.1, 0.15) is 41.3 Å². The normalized spacial score (nSPS) is 11.1. The van der Waals surface area contributed by atoms with Gasteiger partial charge in [0.15, 0.2) is 0 Å². The van der Waals surface area contributed by atoms with Gasteiger partial charge in [-0.25, -0.2) is 13.2 Å². The second kappa shape index (κ2) is 10.2. The average Bonchev–Trinajstić information content (AvgIpc) is 2.66. The number of esters is 1. The Morgan fingerprint density at radius 1 is 1.10 bits per heavy atom. The zero-order valence-corrected chi connectivity index (χ0v) is 18.6. The van der Waals surface area contributed by atoms with Gasteiger partial charge >= 0.3 is 5.97 Å². The molecule has 8 heteroatoms. The summed E-state index contributed by atoms with van der Waals surface area (Å²) in [6, 6.07) is 12.2. The van der Waals surface area contributed by atoms with Gasteiger partial charge in [0.05, 0.1) is 24.1 Å². The van der Waals surface area contributed by atoms with E-state index in [4.69, 9.17) is 4.74 Å². The number of rotatable bonds is 9. The van der Waals surface area contributed by atoms with E-state index in [1.54, 1.807) is 50.2 Å². The van der Waals surface area contributed by atoms with Crippen molar-refractivity contribution in [3.05, 3.63) is 59.2 Å². The van der Waals surface area contributed by atoms with E-state index < -0.39 is 16.0 Å². The molecule has 0 saturated heterocycles. The van der Waals surface area contributed by atoms with Crippen molar-refractivity contribution in [1.29, 1.82) is 0 Å². The third kappa shape index (κ3) is 6.59. The van der Waals surface area contributed by atoms with Gasteiger partial charge < -0.3 is 10.1 Å². The van der Waals surface area contributed by atoms with Gasteiger partial charge in [-0.1, -0.05) is 12.1 Å². The molecule has 2 rings (SSSR count). The van der Waals surface area contributed by atoms with Crippen LogP contribution < -0.4 is 9.62 Å². The third-order valence-corrected chi connectivity index (χ3v) is 5.66. The van der Waals surface area contributed by atoms with E-state index in [0.717, 1.165) is 17.4 Å². The summed E-state index contributed by atoms with van der Waals surface area (Å²) in [7, 11) is -3.46. The predicted molar refractivity (Wildman–Crippen MR) is 118 cm³/mol. The highest BCUT2D eigenvalue weighted by Gasteiger charge is 2.18. The lowest BCUT2D eigenvalue weighted by Gasteiger charge is -2.22. The van der Waals surface area contributed by atoms with Crippen LogP contribution >= 0.6 is 0 Å². The molecule has 2 aromatic rings. The summed E-state index contributed by atoms with van der Waals surface area (Å²) >= 11 is 0. The van der Waals surface area contributed by atoms with E-state index in [0.29, 0.717) is 30.0 Å². The third-order valence-electron chi connectivity index (χ3n) is 4.47. The Labute approximate surface area is 178 Å². The van der Waals surface area contributed by atoms with Crippen LogP contribution in [-0.2, 0) is 19.6 Å². The van der Waals surface area contributed by atoms with Crippen LogP contribution in [0.2, 0.25) is 0 Å². The lowest BCUT2D eigenvalue weighted by Crippen LogP contribution is -2.31. The lowest BCUT2D eigenvalue weighted by molar-refractivity contribution is -0.116. The first kappa shape index (κ1) is 23.4. The molecule has 0 unspecified atom stereocenters. The number of anilines is 2. The van der Waals surface area contributed by atoms with Crippen LogP contribution in [0.3, 0.4) is 0 Å². The topological polar surface area (TPSA) is 92.8 Å². The van der Waals surface area contributed by atoms with Gasteiger partial charge in [-0.3, -0.25) is 9.10 Å². The Hall–Kier alpha value is -2.87. The Morgan fingerprint density at radius 2 is 1.83 bits per heavy atom. The van der Waals surface area contributed by atoms with Crippen molar-refractivity contribution in [2.45, 2.75) is 33.6 Å². The van der Waals surface area contributed by atoms with Gasteiger partial charge in [0, 0.05) is 18.7 Å². The second-order valence-electron chi connectivity index (χ2n) is 7.08. The summed E-state index contributed by atoms with van der Waals surface area (Å²) in [6.45, 7) is 5.93. The Balaban J connectivity index is 1.97. The molecule has 0 aliphatic rings. The summed E-state index contributed by atoms with van der Waals surface area (Å²) in [5, 5.41) is 2.81. The molecule has 0 radical (unpaired) electrons. The molecular formula is C22H28N2O5S. The Kier molecular flexibility index (Phi) is 8.00. The highest BCUT2D eigenvalue weighted by atomic mass is 32.2. The minimum absolute atomic E-state index is 0.164. The van der Waals surface area contributed by atoms with Gasteiger partial charge in [0.1, 0.15) is 0 Å². The number of hydrogen-bond donors (Lipinski definition) is 1. The molecule has 30 heavy (non-hydrogen) atoms. The number of benzene rings is 2. The summed E-state index contributed by atoms with van der Waals surface area (Å²) in [5.41, 5.74) is 3.32. The summed E-state index contributed by atoms with van der Waals surface area (Å²) < 4.78 is 30.6. The minimum Gasteiger partial charge on any atom is -0.462 e. The molecule has 0 spiro atoms. The first-order chi connectivity index (χ1) is 14.1. The zero-order chi connectivity index (χ0) is 22.3. The molecule has 1 N–H and O–H groups in total. The van der Waals surface area contributed by atoms with Gasteiger partial charge in [-0.05, 0) is 68.7 Å². The zero-order valence-electron chi connectivity index (χ0n) is 17.8. The van der Waals surface area contributed by atoms with Crippen LogP contribution in [-0.4, -0.2) is 39.7 Å². The minimum atomic E-state index is -3.46. The van der Waals surface area contributed by atoms with Crippen LogP contribution in [0, 0.1) is 13.8 Å². The SMILES string of the molecule is CCOC(=O)c1ccc(NC(=O)CCCN(c2cccc(C)c2)S(C)(=O)=O)c(C)c1. The largest absolute Gasteiger partial charge is 0.462 e. The summed E-state index contributed by atoms with van der Waals surface area (Å²) in [4.78, 5) is 24.1. The number of sulfonamides is 1. The Morgan fingerprint density at radius 3 is 2.43 bits per heavy atom. The standard InChI is InChI=1S/C22H28N2O5S/c1-5-29-22(26)18-11-12-20(17(3)15-18)23-21(25)10-7-13-24(30(4,27)28)19-9-6-8-16(2)14-19/h6,8-9,11-12,14-15H,5,7,10,13H2,1-4H3,(H,23,25). The number of nitrogens with zero attached hydrogens (tertiary/aromatic N) is 1. The van der Waals surface area contributed by atoms with Crippen molar-refractivity contribution >= 4 is 33.3 Å². The van der Waals surface area contributed by atoms with Crippen molar-refractivity contribution < 1.29 is 22.7 Å². The molecule has 0 saturated carbocycles. The number of carbonyl (C=O) groups excluding carboxylic acids is 2. The van der Waals surface area contributed by atoms with Crippen molar-refractivity contribution in [1.82, 2.24) is 0 Å². The van der Waals surface area contributed by atoms with Gasteiger partial charge in [0.2, 0.25) is 15.9 Å². The molecule has 2 aromatic carbocycles. The highest BCUT2D eigenvalue weighted by Crippen LogP contribution is 2.20. The first-order valence-corrected chi connectivity index (χ1v) is 11.6. The van der Waals surface area contributed by atoms with Gasteiger partial charge in [-0.2, -0.15) is 0 Å². The van der Waals surface area contributed by atoms with Crippen molar-refractivity contribution in [2.24, 2.45) is 0 Å². The molecule has 0 atom stereocenters. The fourth-order valence-electron chi connectivity index (χ4n) is 3.01. The first-order valence-electron chi connectivity index (χ1n) is 9.74. The molecule has 0 fully saturated rings. The van der Waals surface area contributed by atoms with E-state index in [1.165, 1.54) is 4.31 Å². The van der Waals surface area contributed by atoms with Crippen LogP contribution in [0.25, 0.3) is 0 Å². The molecule has 1 amide bonds. The summed E-state index contributed by atoms with van der Waals surface area (Å²) in [5.74, 6) is -0.629. The predicted octanol–water partition coefficient (Wildman–Crippen LogP) is 3.67. The molecule has 0 aliphatic carbocycles. The number of carbonyl (C=O) groups is 2. The van der Waals surface area contributed by atoms with Crippen molar-refractivity contribution in [2.75, 3.05) is 29.0 Å². The average molecular weight is 433 g/mol. The number of ether oxygens (including phenoxy) is 1. The molecule has 0 bridgehead atoms. The summed E-state index contributed by atoms with van der Waals surface area (Å²) in [6.07, 6.45) is 1.69. The van der Waals surface area contributed by atoms with E-state index >= 15 is 0 Å². The van der Waals surface area contributed by atoms with Crippen LogP contribution in [0.5, 0.6) is 0 Å². The lowest BCUT2D eigenvalue weighted by atomic mass is 10.1. The Bertz CT molecular complexity index is 1020. The van der Waals surface area contributed by atoms with Gasteiger partial charge in [0.25, 0.3) is 0 Å². The van der Waals surface area contributed by atoms with E-state index in [-0.39, 0.29) is 18.9 Å². The number of nitrogens with one attached hydrogen (secondary N) is 1. The van der Waals surface area contributed by atoms with Gasteiger partial charge in [-0.15, -0.1) is 0 Å². The van der Waals surface area contributed by atoms with Crippen molar-refractivity contribution in [3.8, 4) is 0 Å². The number of amides is 1. The maximum atomic E-state index is 12.3. The van der Waals surface area contributed by atoms with Crippen molar-refractivity contribution in [3.63, 3.8) is 0 Å². The van der Waals surface area contributed by atoms with Crippen LogP contribution in [0.15, 0.2) is 42.5 Å². The van der Waals surface area contributed by atoms with E-state index in [1.807, 2.05) is 13.0 Å². The monoisotopic (exact) mass is 432 g/mol. The van der Waals surface area contributed by atoms with E-state index in [2.05, 4.69) is 5.32 Å². The highest BCUT2D eigenvalue weighted by molar-refractivity contribution is 7.92. The quantitative estimate of drug-likeness (QED) is 0.611. The maximum absolute atomic E-state index is 12.3.